The van der Waals surface area contributed by atoms with Crippen LogP contribution in [0.25, 0.3) is 0 Å². The summed E-state index contributed by atoms with van der Waals surface area (Å²) in [6, 6.07) is 11.4. The van der Waals surface area contributed by atoms with E-state index in [1.165, 1.54) is 6.07 Å². The summed E-state index contributed by atoms with van der Waals surface area (Å²) < 4.78 is 1.66. The van der Waals surface area contributed by atoms with Gasteiger partial charge in [0.1, 0.15) is 6.17 Å². The second-order valence-corrected chi connectivity index (χ2v) is 6.64. The van der Waals surface area contributed by atoms with Gasteiger partial charge in [0.2, 0.25) is 5.43 Å². The molecule has 2 aliphatic rings. The number of carbonyl (C=O) groups excluding carboxylic acids is 1. The van der Waals surface area contributed by atoms with Crippen LogP contribution in [-0.2, 0) is 5.54 Å². The van der Waals surface area contributed by atoms with Crippen LogP contribution >= 0.6 is 0 Å². The molecule has 2 unspecified atom stereocenters. The Morgan fingerprint density at radius 2 is 1.88 bits per heavy atom. The standard InChI is InChI=1S/C18H19N3O3/c1-18(12-6-4-3-5-7-12)10-8-14-19(2)17(24)15-16(23)13(22)9-11-20(15)21(14)18/h3-7,9,11,14,23H,8,10H2,1-2H3. The van der Waals surface area contributed by atoms with Gasteiger partial charge in [-0.05, 0) is 25.3 Å². The maximum absolute atomic E-state index is 12.7. The lowest BCUT2D eigenvalue weighted by molar-refractivity contribution is 0.0635. The van der Waals surface area contributed by atoms with Crippen LogP contribution < -0.4 is 10.4 Å². The van der Waals surface area contributed by atoms with E-state index in [9.17, 15) is 14.7 Å². The van der Waals surface area contributed by atoms with E-state index in [2.05, 4.69) is 24.1 Å². The Balaban J connectivity index is 1.97. The topological polar surface area (TPSA) is 65.8 Å². The number of fused-ring (bicyclic) bond motifs is 3. The number of amides is 1. The summed E-state index contributed by atoms with van der Waals surface area (Å²) in [6.45, 7) is 2.13. The molecular weight excluding hydrogens is 306 g/mol. The van der Waals surface area contributed by atoms with Gasteiger partial charge in [0.15, 0.2) is 11.4 Å². The average Bonchev–Trinajstić information content (AvgIpc) is 2.95. The number of pyridine rings is 1. The van der Waals surface area contributed by atoms with Crippen molar-refractivity contribution in [2.24, 2.45) is 0 Å². The summed E-state index contributed by atoms with van der Waals surface area (Å²) >= 11 is 0. The Bertz CT molecular complexity index is 877. The molecule has 0 spiro atoms. The summed E-state index contributed by atoms with van der Waals surface area (Å²) in [6.07, 6.45) is 3.16. The molecule has 0 aliphatic carbocycles. The largest absolute Gasteiger partial charge is 0.502 e. The third-order valence-electron chi connectivity index (χ3n) is 5.33. The van der Waals surface area contributed by atoms with E-state index in [4.69, 9.17) is 0 Å². The van der Waals surface area contributed by atoms with Crippen molar-refractivity contribution >= 4 is 5.91 Å². The highest BCUT2D eigenvalue weighted by molar-refractivity contribution is 5.96. The number of aromatic hydroxyl groups is 1. The van der Waals surface area contributed by atoms with E-state index in [0.29, 0.717) is 0 Å². The van der Waals surface area contributed by atoms with E-state index < -0.39 is 11.2 Å². The van der Waals surface area contributed by atoms with E-state index in [1.807, 2.05) is 18.2 Å². The van der Waals surface area contributed by atoms with E-state index in [0.717, 1.165) is 18.4 Å². The van der Waals surface area contributed by atoms with E-state index in [1.54, 1.807) is 22.8 Å². The fourth-order valence-corrected chi connectivity index (χ4v) is 3.99. The molecule has 0 radical (unpaired) electrons. The Labute approximate surface area is 139 Å². The molecule has 3 heterocycles. The van der Waals surface area contributed by atoms with Crippen LogP contribution in [0.15, 0.2) is 47.4 Å². The summed E-state index contributed by atoms with van der Waals surface area (Å²) in [5.74, 6) is -0.820. The van der Waals surface area contributed by atoms with Crippen LogP contribution in [0.2, 0.25) is 0 Å². The second-order valence-electron chi connectivity index (χ2n) is 6.64. The molecule has 24 heavy (non-hydrogen) atoms. The van der Waals surface area contributed by atoms with Gasteiger partial charge in [0.25, 0.3) is 5.91 Å². The molecule has 2 atom stereocenters. The van der Waals surface area contributed by atoms with Crippen molar-refractivity contribution in [1.29, 1.82) is 0 Å². The number of nitrogens with zero attached hydrogens (tertiary/aromatic N) is 3. The van der Waals surface area contributed by atoms with Crippen LogP contribution in [0.1, 0.15) is 35.8 Å². The number of carbonyl (C=O) groups is 1. The molecule has 0 saturated carbocycles. The maximum Gasteiger partial charge on any atom is 0.277 e. The minimum Gasteiger partial charge on any atom is -0.502 e. The normalized spacial score (nSPS) is 25.6. The molecular formula is C18H19N3O3. The molecule has 1 aromatic carbocycles. The highest BCUT2D eigenvalue weighted by Gasteiger charge is 2.51. The quantitative estimate of drug-likeness (QED) is 0.865. The maximum atomic E-state index is 12.7. The summed E-state index contributed by atoms with van der Waals surface area (Å²) in [5, 5.41) is 12.3. The molecule has 1 amide bonds. The van der Waals surface area contributed by atoms with Crippen molar-refractivity contribution in [2.45, 2.75) is 31.5 Å². The molecule has 1 N–H and O–H groups in total. The number of benzene rings is 1. The second kappa shape index (κ2) is 4.87. The zero-order chi connectivity index (χ0) is 17.1. The molecule has 2 aliphatic heterocycles. The van der Waals surface area contributed by atoms with Crippen LogP contribution in [0, 0.1) is 0 Å². The molecule has 6 heteroatoms. The Kier molecular flexibility index (Phi) is 3.00. The summed E-state index contributed by atoms with van der Waals surface area (Å²) in [7, 11) is 1.72. The molecule has 124 valence electrons. The van der Waals surface area contributed by atoms with Gasteiger partial charge < -0.3 is 10.0 Å². The van der Waals surface area contributed by atoms with Gasteiger partial charge in [-0.1, -0.05) is 30.3 Å². The van der Waals surface area contributed by atoms with Crippen molar-refractivity contribution < 1.29 is 9.90 Å². The number of rotatable bonds is 1. The van der Waals surface area contributed by atoms with Gasteiger partial charge in [0, 0.05) is 19.3 Å². The lowest BCUT2D eigenvalue weighted by atomic mass is 9.90. The van der Waals surface area contributed by atoms with Gasteiger partial charge in [0.05, 0.1) is 5.54 Å². The highest BCUT2D eigenvalue weighted by Crippen LogP contribution is 2.44. The fraction of sp³-hybridized carbons (Fsp3) is 0.333. The third kappa shape index (κ3) is 1.76. The Morgan fingerprint density at radius 3 is 2.58 bits per heavy atom. The summed E-state index contributed by atoms with van der Waals surface area (Å²) in [5.41, 5.74) is 0.295. The smallest absolute Gasteiger partial charge is 0.277 e. The van der Waals surface area contributed by atoms with Crippen LogP contribution in [0.3, 0.4) is 0 Å². The van der Waals surface area contributed by atoms with Gasteiger partial charge in [-0.15, -0.1) is 0 Å². The first-order valence-corrected chi connectivity index (χ1v) is 8.02. The Morgan fingerprint density at radius 1 is 1.17 bits per heavy atom. The SMILES string of the molecule is CN1C(=O)c2c(O)c(=O)ccn2N2C1CCC2(C)c1ccccc1. The predicted octanol–water partition coefficient (Wildman–Crippen LogP) is 1.61. The van der Waals surface area contributed by atoms with Gasteiger partial charge in [-0.3, -0.25) is 19.3 Å². The van der Waals surface area contributed by atoms with E-state index >= 15 is 0 Å². The first-order valence-electron chi connectivity index (χ1n) is 8.02. The zero-order valence-corrected chi connectivity index (χ0v) is 13.6. The number of aromatic nitrogens is 1. The summed E-state index contributed by atoms with van der Waals surface area (Å²) in [4.78, 5) is 26.1. The monoisotopic (exact) mass is 325 g/mol. The highest BCUT2D eigenvalue weighted by atomic mass is 16.3. The molecule has 1 aromatic heterocycles. The minimum absolute atomic E-state index is 0.0327. The van der Waals surface area contributed by atoms with Crippen LogP contribution in [-0.4, -0.2) is 33.8 Å². The average molecular weight is 325 g/mol. The van der Waals surface area contributed by atoms with Crippen LogP contribution in [0.5, 0.6) is 5.75 Å². The molecule has 1 saturated heterocycles. The Hall–Kier alpha value is -2.76. The fourth-order valence-electron chi connectivity index (χ4n) is 3.99. The number of hydrogen-bond acceptors (Lipinski definition) is 4. The first kappa shape index (κ1) is 14.8. The third-order valence-corrected chi connectivity index (χ3v) is 5.33. The molecule has 0 bridgehead atoms. The van der Waals surface area contributed by atoms with Gasteiger partial charge in [-0.25, -0.2) is 0 Å². The van der Waals surface area contributed by atoms with Crippen molar-refractivity contribution in [1.82, 2.24) is 9.58 Å². The molecule has 2 aromatic rings. The van der Waals surface area contributed by atoms with Crippen molar-refractivity contribution in [3.05, 3.63) is 64.1 Å². The predicted molar refractivity (Wildman–Crippen MR) is 89.5 cm³/mol. The lowest BCUT2D eigenvalue weighted by Gasteiger charge is -2.48. The number of hydrogen-bond donors (Lipinski definition) is 1. The van der Waals surface area contributed by atoms with Crippen LogP contribution in [0.4, 0.5) is 0 Å². The molecule has 4 rings (SSSR count). The van der Waals surface area contributed by atoms with E-state index in [-0.39, 0.29) is 23.3 Å². The first-order chi connectivity index (χ1) is 11.4. The van der Waals surface area contributed by atoms with Gasteiger partial charge >= 0.3 is 0 Å². The van der Waals surface area contributed by atoms with Crippen molar-refractivity contribution in [3.8, 4) is 5.75 Å². The van der Waals surface area contributed by atoms with Crippen molar-refractivity contribution in [3.63, 3.8) is 0 Å². The van der Waals surface area contributed by atoms with Gasteiger partial charge in [-0.2, -0.15) is 0 Å². The minimum atomic E-state index is -0.540. The molecule has 1 fully saturated rings. The van der Waals surface area contributed by atoms with Crippen molar-refractivity contribution in [2.75, 3.05) is 12.1 Å². The lowest BCUT2D eigenvalue weighted by Crippen LogP contribution is -2.62. The zero-order valence-electron chi connectivity index (χ0n) is 13.6. The molecule has 6 nitrogen and oxygen atoms in total.